The molecule has 0 aromatic carbocycles. The molecule has 2 aromatic rings. The van der Waals surface area contributed by atoms with Gasteiger partial charge in [-0.3, -0.25) is 9.78 Å². The quantitative estimate of drug-likeness (QED) is 0.887. The van der Waals surface area contributed by atoms with Crippen molar-refractivity contribution in [3.63, 3.8) is 0 Å². The number of nitrogens with zero attached hydrogens (tertiary/aromatic N) is 3. The minimum Gasteiger partial charge on any atom is -0.460 e. The van der Waals surface area contributed by atoms with E-state index in [9.17, 15) is 4.79 Å². The predicted octanol–water partition coefficient (Wildman–Crippen LogP) is 2.75. The number of amides is 1. The molecule has 0 radical (unpaired) electrons. The standard InChI is InChI=1S/C16H17BrN4O2/c17-12-8-11(9-18-10-12)15(22)21-13-2-4-14(5-3-13)23-16-19-6-1-7-20-16/h1,6-10,13-14H,2-5H2,(H,21,22). The molecule has 1 aliphatic carbocycles. The molecule has 0 atom stereocenters. The van der Waals surface area contributed by atoms with Gasteiger partial charge in [0, 0.05) is 35.3 Å². The lowest BCUT2D eigenvalue weighted by molar-refractivity contribution is 0.0884. The van der Waals surface area contributed by atoms with Crippen molar-refractivity contribution in [1.82, 2.24) is 20.3 Å². The van der Waals surface area contributed by atoms with Crippen molar-refractivity contribution in [2.75, 3.05) is 0 Å². The fourth-order valence-corrected chi connectivity index (χ4v) is 2.99. The lowest BCUT2D eigenvalue weighted by Gasteiger charge is -2.28. The van der Waals surface area contributed by atoms with Gasteiger partial charge in [0.05, 0.1) is 5.56 Å². The molecule has 0 saturated heterocycles. The van der Waals surface area contributed by atoms with Crippen molar-refractivity contribution in [2.45, 2.75) is 37.8 Å². The van der Waals surface area contributed by atoms with Gasteiger partial charge in [-0.2, -0.15) is 0 Å². The number of aromatic nitrogens is 3. The number of carbonyl (C=O) groups is 1. The van der Waals surface area contributed by atoms with E-state index in [2.05, 4.69) is 36.2 Å². The third-order valence-corrected chi connectivity index (χ3v) is 4.22. The van der Waals surface area contributed by atoms with E-state index < -0.39 is 0 Å². The Morgan fingerprint density at radius 3 is 2.61 bits per heavy atom. The Morgan fingerprint density at radius 1 is 1.17 bits per heavy atom. The molecule has 1 amide bonds. The highest BCUT2D eigenvalue weighted by molar-refractivity contribution is 9.10. The van der Waals surface area contributed by atoms with Gasteiger partial charge in [0.2, 0.25) is 0 Å². The van der Waals surface area contributed by atoms with E-state index in [0.717, 1.165) is 30.2 Å². The topological polar surface area (TPSA) is 77.0 Å². The van der Waals surface area contributed by atoms with E-state index in [0.29, 0.717) is 11.6 Å². The summed E-state index contributed by atoms with van der Waals surface area (Å²) in [6.45, 7) is 0. The fraction of sp³-hybridized carbons (Fsp3) is 0.375. The minimum atomic E-state index is -0.0884. The van der Waals surface area contributed by atoms with Crippen LogP contribution in [-0.2, 0) is 0 Å². The molecule has 1 fully saturated rings. The molecule has 1 saturated carbocycles. The van der Waals surface area contributed by atoms with Crippen LogP contribution in [0, 0.1) is 0 Å². The summed E-state index contributed by atoms with van der Waals surface area (Å²) in [5, 5.41) is 3.06. The van der Waals surface area contributed by atoms with E-state index >= 15 is 0 Å². The molecule has 2 aromatic heterocycles. The average Bonchev–Trinajstić information content (AvgIpc) is 2.57. The van der Waals surface area contributed by atoms with Crippen LogP contribution in [0.2, 0.25) is 0 Å². The molecule has 23 heavy (non-hydrogen) atoms. The summed E-state index contributed by atoms with van der Waals surface area (Å²) in [6, 6.07) is 4.11. The Morgan fingerprint density at radius 2 is 1.91 bits per heavy atom. The van der Waals surface area contributed by atoms with Crippen LogP contribution in [0.1, 0.15) is 36.0 Å². The third-order valence-electron chi connectivity index (χ3n) is 3.79. The third kappa shape index (κ3) is 4.48. The molecule has 0 spiro atoms. The Hall–Kier alpha value is -2.02. The van der Waals surface area contributed by atoms with Gasteiger partial charge in [-0.15, -0.1) is 0 Å². The molecule has 3 rings (SSSR count). The number of hydrogen-bond acceptors (Lipinski definition) is 5. The predicted molar refractivity (Wildman–Crippen MR) is 88.1 cm³/mol. The van der Waals surface area contributed by atoms with Crippen LogP contribution in [0.3, 0.4) is 0 Å². The zero-order chi connectivity index (χ0) is 16.1. The smallest absolute Gasteiger partial charge is 0.316 e. The summed E-state index contributed by atoms with van der Waals surface area (Å²) in [6.07, 6.45) is 10.2. The minimum absolute atomic E-state index is 0.0884. The zero-order valence-corrected chi connectivity index (χ0v) is 14.1. The van der Waals surface area contributed by atoms with Crippen LogP contribution in [0.15, 0.2) is 41.4 Å². The number of ether oxygens (including phenoxy) is 1. The molecule has 2 heterocycles. The van der Waals surface area contributed by atoms with Crippen LogP contribution >= 0.6 is 15.9 Å². The molecular weight excluding hydrogens is 360 g/mol. The fourth-order valence-electron chi connectivity index (χ4n) is 2.63. The van der Waals surface area contributed by atoms with Crippen LogP contribution in [0.4, 0.5) is 0 Å². The molecule has 0 bridgehead atoms. The SMILES string of the molecule is O=C(NC1CCC(Oc2ncccn2)CC1)c1cncc(Br)c1. The lowest BCUT2D eigenvalue weighted by Crippen LogP contribution is -2.39. The summed E-state index contributed by atoms with van der Waals surface area (Å²) in [5.41, 5.74) is 0.565. The molecule has 1 aliphatic rings. The second-order valence-electron chi connectivity index (χ2n) is 5.49. The van der Waals surface area contributed by atoms with Gasteiger partial charge in [0.25, 0.3) is 5.91 Å². The van der Waals surface area contributed by atoms with Crippen LogP contribution in [-0.4, -0.2) is 33.0 Å². The maximum atomic E-state index is 12.2. The van der Waals surface area contributed by atoms with E-state index in [4.69, 9.17) is 4.74 Å². The van der Waals surface area contributed by atoms with Crippen molar-refractivity contribution in [1.29, 1.82) is 0 Å². The summed E-state index contributed by atoms with van der Waals surface area (Å²) in [4.78, 5) is 24.4. The Balaban J connectivity index is 1.48. The lowest BCUT2D eigenvalue weighted by atomic mass is 9.93. The Labute approximate surface area is 142 Å². The first-order valence-corrected chi connectivity index (χ1v) is 8.35. The van der Waals surface area contributed by atoms with Crippen molar-refractivity contribution < 1.29 is 9.53 Å². The summed E-state index contributed by atoms with van der Waals surface area (Å²) >= 11 is 3.32. The number of hydrogen-bond donors (Lipinski definition) is 1. The van der Waals surface area contributed by atoms with E-state index in [1.807, 2.05) is 0 Å². The van der Waals surface area contributed by atoms with Crippen LogP contribution in [0.25, 0.3) is 0 Å². The highest BCUT2D eigenvalue weighted by atomic mass is 79.9. The number of nitrogens with one attached hydrogen (secondary N) is 1. The van der Waals surface area contributed by atoms with Crippen LogP contribution in [0.5, 0.6) is 6.01 Å². The molecular formula is C16H17BrN4O2. The van der Waals surface area contributed by atoms with Crippen LogP contribution < -0.4 is 10.1 Å². The monoisotopic (exact) mass is 376 g/mol. The van der Waals surface area contributed by atoms with Crippen molar-refractivity contribution in [3.8, 4) is 6.01 Å². The normalized spacial score (nSPS) is 20.7. The molecule has 0 unspecified atom stereocenters. The summed E-state index contributed by atoms with van der Waals surface area (Å²) in [5.74, 6) is -0.0884. The van der Waals surface area contributed by atoms with Gasteiger partial charge in [-0.05, 0) is 53.7 Å². The number of halogens is 1. The van der Waals surface area contributed by atoms with E-state index in [1.54, 1.807) is 36.9 Å². The molecule has 1 N–H and O–H groups in total. The van der Waals surface area contributed by atoms with Crippen molar-refractivity contribution in [2.24, 2.45) is 0 Å². The first-order chi connectivity index (χ1) is 11.2. The van der Waals surface area contributed by atoms with E-state index in [1.165, 1.54) is 0 Å². The van der Waals surface area contributed by atoms with Crippen molar-refractivity contribution >= 4 is 21.8 Å². The maximum Gasteiger partial charge on any atom is 0.316 e. The zero-order valence-electron chi connectivity index (χ0n) is 12.5. The number of rotatable bonds is 4. The first kappa shape index (κ1) is 15.9. The summed E-state index contributed by atoms with van der Waals surface area (Å²) in [7, 11) is 0. The van der Waals surface area contributed by atoms with Gasteiger partial charge in [-0.25, -0.2) is 9.97 Å². The van der Waals surface area contributed by atoms with Gasteiger partial charge >= 0.3 is 6.01 Å². The molecule has 7 heteroatoms. The first-order valence-electron chi connectivity index (χ1n) is 7.56. The molecule has 6 nitrogen and oxygen atoms in total. The second-order valence-corrected chi connectivity index (χ2v) is 6.40. The van der Waals surface area contributed by atoms with Gasteiger partial charge < -0.3 is 10.1 Å². The highest BCUT2D eigenvalue weighted by Gasteiger charge is 2.24. The Kier molecular flexibility index (Phi) is 5.17. The van der Waals surface area contributed by atoms with Crippen molar-refractivity contribution in [3.05, 3.63) is 47.0 Å². The van der Waals surface area contributed by atoms with E-state index in [-0.39, 0.29) is 18.1 Å². The highest BCUT2D eigenvalue weighted by Crippen LogP contribution is 2.22. The maximum absolute atomic E-state index is 12.2. The number of pyridine rings is 1. The van der Waals surface area contributed by atoms with Gasteiger partial charge in [-0.1, -0.05) is 0 Å². The largest absolute Gasteiger partial charge is 0.460 e. The van der Waals surface area contributed by atoms with Gasteiger partial charge in [0.15, 0.2) is 0 Å². The Bertz CT molecular complexity index is 660. The second kappa shape index (κ2) is 7.50. The molecule has 0 aliphatic heterocycles. The van der Waals surface area contributed by atoms with Gasteiger partial charge in [0.1, 0.15) is 6.10 Å². The molecule has 120 valence electrons. The number of carbonyl (C=O) groups excluding carboxylic acids is 1. The average molecular weight is 377 g/mol. The summed E-state index contributed by atoms with van der Waals surface area (Å²) < 4.78 is 6.55.